The van der Waals surface area contributed by atoms with E-state index < -0.39 is 22.1 Å². The first kappa shape index (κ1) is 16.7. The topological polar surface area (TPSA) is 163 Å². The third-order valence-corrected chi connectivity index (χ3v) is 2.88. The highest BCUT2D eigenvalue weighted by molar-refractivity contribution is 5.82. The molecule has 1 aromatic heterocycles. The van der Waals surface area contributed by atoms with Crippen molar-refractivity contribution in [1.82, 2.24) is 20.6 Å². The van der Waals surface area contributed by atoms with E-state index in [1.807, 2.05) is 4.98 Å². The maximum Gasteiger partial charge on any atom is 0.342 e. The molecule has 0 unspecified atom stereocenters. The van der Waals surface area contributed by atoms with E-state index in [0.29, 0.717) is 5.56 Å². The lowest BCUT2D eigenvalue weighted by molar-refractivity contribution is -0.384. The molecule has 0 saturated carbocycles. The monoisotopic (exact) mass is 332 g/mol. The van der Waals surface area contributed by atoms with Gasteiger partial charge in [0.05, 0.1) is 11.1 Å². The number of non-ortho nitro benzene ring substituents is 1. The van der Waals surface area contributed by atoms with Gasteiger partial charge in [-0.05, 0) is 17.7 Å². The number of aromatic amines is 2. The number of benzene rings is 1. The van der Waals surface area contributed by atoms with E-state index in [9.17, 15) is 24.5 Å². The van der Waals surface area contributed by atoms with Crippen LogP contribution in [0.3, 0.4) is 0 Å². The molecule has 0 aliphatic rings. The van der Waals surface area contributed by atoms with E-state index in [0.717, 1.165) is 0 Å². The van der Waals surface area contributed by atoms with Crippen LogP contribution in [0.15, 0.2) is 39.0 Å². The third kappa shape index (κ3) is 4.69. The van der Waals surface area contributed by atoms with E-state index in [1.165, 1.54) is 30.5 Å². The summed E-state index contributed by atoms with van der Waals surface area (Å²) in [5, 5.41) is 19.8. The largest absolute Gasteiger partial charge is 0.342 e. The predicted octanol–water partition coefficient (Wildman–Crippen LogP) is -0.551. The Labute approximate surface area is 133 Å². The SMILES string of the molecule is O=C(CCc1n[nH]c(=O)[nH]c1=O)NN=Cc1ccc([N+](=O)[O-])cc1. The maximum absolute atomic E-state index is 11.6. The van der Waals surface area contributed by atoms with Crippen molar-refractivity contribution in [2.24, 2.45) is 5.10 Å². The number of nitrogens with one attached hydrogen (secondary N) is 3. The van der Waals surface area contributed by atoms with Crippen LogP contribution < -0.4 is 16.7 Å². The number of hydrogen-bond donors (Lipinski definition) is 3. The third-order valence-electron chi connectivity index (χ3n) is 2.88. The average molecular weight is 332 g/mol. The number of amides is 1. The molecular weight excluding hydrogens is 320 g/mol. The predicted molar refractivity (Wildman–Crippen MR) is 82.6 cm³/mol. The lowest BCUT2D eigenvalue weighted by Gasteiger charge is -1.99. The Kier molecular flexibility index (Phi) is 5.28. The second-order valence-corrected chi connectivity index (χ2v) is 4.60. The van der Waals surface area contributed by atoms with Crippen molar-refractivity contribution in [2.45, 2.75) is 12.8 Å². The Morgan fingerprint density at radius 2 is 2.04 bits per heavy atom. The van der Waals surface area contributed by atoms with Crippen molar-refractivity contribution in [3.8, 4) is 0 Å². The fraction of sp³-hybridized carbons (Fsp3) is 0.154. The Balaban J connectivity index is 1.85. The number of nitro groups is 1. The highest BCUT2D eigenvalue weighted by Crippen LogP contribution is 2.10. The van der Waals surface area contributed by atoms with Crippen LogP contribution in [0.1, 0.15) is 17.7 Å². The molecule has 0 saturated heterocycles. The molecule has 0 fully saturated rings. The molecule has 3 N–H and O–H groups in total. The molecule has 1 aromatic carbocycles. The minimum atomic E-state index is -0.721. The molecule has 2 rings (SSSR count). The van der Waals surface area contributed by atoms with Gasteiger partial charge >= 0.3 is 5.69 Å². The van der Waals surface area contributed by atoms with Crippen molar-refractivity contribution in [3.63, 3.8) is 0 Å². The lowest BCUT2D eigenvalue weighted by Crippen LogP contribution is -2.28. The van der Waals surface area contributed by atoms with Gasteiger partial charge in [0.15, 0.2) is 0 Å². The first-order chi connectivity index (χ1) is 11.5. The fourth-order valence-electron chi connectivity index (χ4n) is 1.69. The summed E-state index contributed by atoms with van der Waals surface area (Å²) in [6.45, 7) is 0. The number of aryl methyl sites for hydroxylation is 1. The number of rotatable bonds is 6. The van der Waals surface area contributed by atoms with Crippen molar-refractivity contribution in [1.29, 1.82) is 0 Å². The molecule has 2 aromatic rings. The lowest BCUT2D eigenvalue weighted by atomic mass is 10.2. The van der Waals surface area contributed by atoms with Gasteiger partial charge in [0.2, 0.25) is 5.91 Å². The normalized spacial score (nSPS) is 10.7. The van der Waals surface area contributed by atoms with Crippen LogP contribution in [0, 0.1) is 10.1 Å². The smallest absolute Gasteiger partial charge is 0.273 e. The summed E-state index contributed by atoms with van der Waals surface area (Å²) in [6.07, 6.45) is 1.30. The molecule has 1 amide bonds. The van der Waals surface area contributed by atoms with E-state index in [1.54, 1.807) is 0 Å². The summed E-state index contributed by atoms with van der Waals surface area (Å²) in [6, 6.07) is 5.60. The van der Waals surface area contributed by atoms with Gasteiger partial charge in [-0.2, -0.15) is 10.2 Å². The first-order valence-corrected chi connectivity index (χ1v) is 6.70. The molecule has 0 aliphatic carbocycles. The Morgan fingerprint density at radius 3 is 2.67 bits per heavy atom. The first-order valence-electron chi connectivity index (χ1n) is 6.70. The van der Waals surface area contributed by atoms with E-state index in [4.69, 9.17) is 0 Å². The molecule has 11 nitrogen and oxygen atoms in total. The standard InChI is InChI=1S/C13H12N6O5/c20-11(6-5-10-12(21)15-13(22)18-16-10)17-14-7-8-1-3-9(4-2-8)19(23)24/h1-4,7H,5-6H2,(H,17,20)(H2,15,18,21,22). The highest BCUT2D eigenvalue weighted by atomic mass is 16.6. The molecule has 1 heterocycles. The van der Waals surface area contributed by atoms with Crippen molar-refractivity contribution in [2.75, 3.05) is 0 Å². The minimum absolute atomic E-state index is 0.0316. The second kappa shape index (κ2) is 7.58. The van der Waals surface area contributed by atoms with Gasteiger partial charge in [0, 0.05) is 25.0 Å². The molecule has 11 heteroatoms. The zero-order chi connectivity index (χ0) is 17.5. The number of H-pyrrole nitrogens is 2. The second-order valence-electron chi connectivity index (χ2n) is 4.60. The highest BCUT2D eigenvalue weighted by Gasteiger charge is 2.06. The van der Waals surface area contributed by atoms with Crippen molar-refractivity contribution in [3.05, 3.63) is 66.5 Å². The molecule has 124 valence electrons. The van der Waals surface area contributed by atoms with E-state index in [2.05, 4.69) is 20.7 Å². The van der Waals surface area contributed by atoms with Crippen LogP contribution >= 0.6 is 0 Å². The zero-order valence-corrected chi connectivity index (χ0v) is 12.2. The van der Waals surface area contributed by atoms with Crippen LogP contribution in [-0.2, 0) is 11.2 Å². The van der Waals surface area contributed by atoms with Gasteiger partial charge in [-0.1, -0.05) is 0 Å². The molecule has 0 radical (unpaired) electrons. The van der Waals surface area contributed by atoms with Gasteiger partial charge in [-0.25, -0.2) is 15.3 Å². The maximum atomic E-state index is 11.6. The number of hydrazone groups is 1. The van der Waals surface area contributed by atoms with E-state index >= 15 is 0 Å². The van der Waals surface area contributed by atoms with Gasteiger partial charge in [-0.15, -0.1) is 0 Å². The number of carbonyl (C=O) groups excluding carboxylic acids is 1. The fourth-order valence-corrected chi connectivity index (χ4v) is 1.69. The summed E-state index contributed by atoms with van der Waals surface area (Å²) in [5.74, 6) is -0.458. The number of aromatic nitrogens is 3. The molecular formula is C13H12N6O5. The Hall–Kier alpha value is -3.63. The summed E-state index contributed by atoms with van der Waals surface area (Å²) in [4.78, 5) is 45.8. The number of hydrogen-bond acceptors (Lipinski definition) is 7. The summed E-state index contributed by atoms with van der Waals surface area (Å²) in [5.41, 5.74) is 1.44. The Morgan fingerprint density at radius 1 is 1.33 bits per heavy atom. The molecule has 0 spiro atoms. The van der Waals surface area contributed by atoms with Gasteiger partial charge < -0.3 is 0 Å². The molecule has 0 bridgehead atoms. The summed E-state index contributed by atoms with van der Waals surface area (Å²) in [7, 11) is 0. The summed E-state index contributed by atoms with van der Waals surface area (Å²) >= 11 is 0. The average Bonchev–Trinajstić information content (AvgIpc) is 2.54. The van der Waals surface area contributed by atoms with Crippen LogP contribution in [0.5, 0.6) is 0 Å². The quantitative estimate of drug-likeness (QED) is 0.365. The zero-order valence-electron chi connectivity index (χ0n) is 12.2. The molecule has 24 heavy (non-hydrogen) atoms. The number of nitrogens with zero attached hydrogens (tertiary/aromatic N) is 3. The van der Waals surface area contributed by atoms with Crippen molar-refractivity contribution < 1.29 is 9.72 Å². The van der Waals surface area contributed by atoms with Crippen LogP contribution in [-0.4, -0.2) is 32.2 Å². The number of nitro benzene ring substituents is 1. The Bertz CT molecular complexity index is 883. The van der Waals surface area contributed by atoms with Crippen molar-refractivity contribution >= 4 is 17.8 Å². The van der Waals surface area contributed by atoms with Crippen LogP contribution in [0.25, 0.3) is 0 Å². The minimum Gasteiger partial charge on any atom is -0.273 e. The molecule has 0 atom stereocenters. The van der Waals surface area contributed by atoms with Gasteiger partial charge in [-0.3, -0.25) is 24.7 Å². The van der Waals surface area contributed by atoms with Crippen LogP contribution in [0.2, 0.25) is 0 Å². The van der Waals surface area contributed by atoms with Crippen LogP contribution in [0.4, 0.5) is 5.69 Å². The summed E-state index contributed by atoms with van der Waals surface area (Å²) < 4.78 is 0. The number of carbonyl (C=O) groups is 1. The van der Waals surface area contributed by atoms with E-state index in [-0.39, 0.29) is 24.2 Å². The van der Waals surface area contributed by atoms with Gasteiger partial charge in [0.1, 0.15) is 5.69 Å². The van der Waals surface area contributed by atoms with Gasteiger partial charge in [0.25, 0.3) is 11.2 Å². The molecule has 0 aliphatic heterocycles.